The van der Waals surface area contributed by atoms with Gasteiger partial charge in [-0.2, -0.15) is 0 Å². The van der Waals surface area contributed by atoms with Gasteiger partial charge in [-0.1, -0.05) is 6.07 Å². The van der Waals surface area contributed by atoms with Gasteiger partial charge in [-0.05, 0) is 38.0 Å². The summed E-state index contributed by atoms with van der Waals surface area (Å²) in [5, 5.41) is 9.23. The quantitative estimate of drug-likeness (QED) is 0.919. The van der Waals surface area contributed by atoms with Crippen LogP contribution in [-0.2, 0) is 4.79 Å². The van der Waals surface area contributed by atoms with Crippen molar-refractivity contribution >= 4 is 11.9 Å². The van der Waals surface area contributed by atoms with E-state index in [4.69, 9.17) is 4.74 Å². The van der Waals surface area contributed by atoms with Crippen molar-refractivity contribution in [3.8, 4) is 11.6 Å². The maximum absolute atomic E-state index is 12.8. The first-order valence-electron chi connectivity index (χ1n) is 8.12. The van der Waals surface area contributed by atoms with Crippen LogP contribution in [-0.4, -0.2) is 44.4 Å². The molecule has 1 aromatic carbocycles. The summed E-state index contributed by atoms with van der Waals surface area (Å²) in [6, 6.07) is 6.79. The van der Waals surface area contributed by atoms with Crippen molar-refractivity contribution in [3.63, 3.8) is 0 Å². The predicted octanol–water partition coefficient (Wildman–Crippen LogP) is 2.59. The zero-order chi connectivity index (χ0) is 17.8. The number of carbonyl (C=O) groups is 2. The van der Waals surface area contributed by atoms with Crippen LogP contribution in [0, 0.1) is 5.92 Å². The summed E-state index contributed by atoms with van der Waals surface area (Å²) in [4.78, 5) is 33.7. The number of benzene rings is 1. The molecule has 1 N–H and O–H groups in total. The molecule has 1 fully saturated rings. The fraction of sp³-hybridized carbons (Fsp3) is 0.333. The summed E-state index contributed by atoms with van der Waals surface area (Å²) in [6.07, 6.45) is 5.82. The molecule has 1 aliphatic rings. The number of amides is 1. The lowest BCUT2D eigenvalue weighted by atomic mass is 9.93. The van der Waals surface area contributed by atoms with Gasteiger partial charge in [-0.25, -0.2) is 4.98 Å². The van der Waals surface area contributed by atoms with Gasteiger partial charge in [0.2, 0.25) is 5.88 Å². The summed E-state index contributed by atoms with van der Waals surface area (Å²) in [7, 11) is 0. The first kappa shape index (κ1) is 16.9. The Morgan fingerprint density at radius 3 is 2.84 bits per heavy atom. The number of carboxylic acid groups (broad SMARTS) is 1. The number of rotatable bonds is 4. The molecule has 2 heterocycles. The van der Waals surface area contributed by atoms with Crippen LogP contribution < -0.4 is 4.74 Å². The van der Waals surface area contributed by atoms with E-state index in [1.807, 2.05) is 6.92 Å². The molecule has 1 saturated heterocycles. The van der Waals surface area contributed by atoms with E-state index >= 15 is 0 Å². The molecule has 7 heteroatoms. The van der Waals surface area contributed by atoms with Gasteiger partial charge in [0.25, 0.3) is 5.91 Å². The normalized spacial score (nSPS) is 20.1. The Kier molecular flexibility index (Phi) is 4.92. The molecule has 0 aliphatic carbocycles. The lowest BCUT2D eigenvalue weighted by Crippen LogP contribution is -2.47. The van der Waals surface area contributed by atoms with Crippen LogP contribution in [0.2, 0.25) is 0 Å². The summed E-state index contributed by atoms with van der Waals surface area (Å²) >= 11 is 0. The fourth-order valence-corrected chi connectivity index (χ4v) is 2.91. The number of piperidine rings is 1. The van der Waals surface area contributed by atoms with E-state index in [-0.39, 0.29) is 18.5 Å². The van der Waals surface area contributed by atoms with E-state index in [2.05, 4.69) is 9.97 Å². The van der Waals surface area contributed by atoms with E-state index < -0.39 is 11.9 Å². The van der Waals surface area contributed by atoms with Crippen molar-refractivity contribution in [2.45, 2.75) is 25.8 Å². The number of aliphatic carboxylic acids is 1. The highest BCUT2D eigenvalue weighted by molar-refractivity contribution is 5.95. The largest absolute Gasteiger partial charge is 0.481 e. The highest BCUT2D eigenvalue weighted by Crippen LogP contribution is 2.26. The summed E-state index contributed by atoms with van der Waals surface area (Å²) < 4.78 is 5.60. The minimum absolute atomic E-state index is 0.00710. The van der Waals surface area contributed by atoms with Gasteiger partial charge in [-0.3, -0.25) is 14.6 Å². The van der Waals surface area contributed by atoms with Gasteiger partial charge < -0.3 is 14.7 Å². The second kappa shape index (κ2) is 7.29. The first-order valence-corrected chi connectivity index (χ1v) is 8.12. The topological polar surface area (TPSA) is 92.6 Å². The molecule has 0 bridgehead atoms. The minimum Gasteiger partial charge on any atom is -0.481 e. The van der Waals surface area contributed by atoms with E-state index in [9.17, 15) is 14.7 Å². The molecule has 0 radical (unpaired) electrons. The maximum atomic E-state index is 12.8. The second-order valence-electron chi connectivity index (χ2n) is 6.09. The Morgan fingerprint density at radius 1 is 1.28 bits per heavy atom. The number of likely N-dealkylation sites (tertiary alicyclic amines) is 1. The molecule has 130 valence electrons. The lowest BCUT2D eigenvalue weighted by Gasteiger charge is -2.36. The molecule has 1 amide bonds. The van der Waals surface area contributed by atoms with Crippen LogP contribution in [0.15, 0.2) is 42.9 Å². The summed E-state index contributed by atoms with van der Waals surface area (Å²) in [5.41, 5.74) is 0.458. The highest BCUT2D eigenvalue weighted by atomic mass is 16.5. The molecular formula is C18H19N3O4. The Balaban J connectivity index is 1.77. The Hall–Kier alpha value is -2.96. The zero-order valence-electron chi connectivity index (χ0n) is 13.8. The molecule has 2 aromatic rings. The van der Waals surface area contributed by atoms with Gasteiger partial charge in [0.05, 0.1) is 12.1 Å². The Bertz CT molecular complexity index is 766. The number of carbonyl (C=O) groups excluding carboxylic acids is 1. The number of nitrogens with zero attached hydrogens (tertiary/aromatic N) is 3. The van der Waals surface area contributed by atoms with Gasteiger partial charge in [0.1, 0.15) is 5.75 Å². The van der Waals surface area contributed by atoms with Crippen molar-refractivity contribution in [1.82, 2.24) is 14.9 Å². The number of aromatic nitrogens is 2. The smallest absolute Gasteiger partial charge is 0.308 e. The predicted molar refractivity (Wildman–Crippen MR) is 89.4 cm³/mol. The number of hydrogen-bond donors (Lipinski definition) is 1. The SMILES string of the molecule is CC1CCC(C(=O)O)CN1C(=O)c1cccc(Oc2cnccn2)c1. The van der Waals surface area contributed by atoms with Crippen LogP contribution >= 0.6 is 0 Å². The molecule has 7 nitrogen and oxygen atoms in total. The monoisotopic (exact) mass is 341 g/mol. The molecule has 2 atom stereocenters. The van der Waals surface area contributed by atoms with Crippen molar-refractivity contribution in [1.29, 1.82) is 0 Å². The summed E-state index contributed by atoms with van der Waals surface area (Å²) in [5.74, 6) is -0.748. The van der Waals surface area contributed by atoms with Crippen molar-refractivity contribution < 1.29 is 19.4 Å². The van der Waals surface area contributed by atoms with Crippen LogP contribution in [0.5, 0.6) is 11.6 Å². The molecule has 1 aromatic heterocycles. The minimum atomic E-state index is -0.857. The van der Waals surface area contributed by atoms with E-state index in [1.165, 1.54) is 12.4 Å². The van der Waals surface area contributed by atoms with Crippen LogP contribution in [0.4, 0.5) is 0 Å². The van der Waals surface area contributed by atoms with Crippen molar-refractivity contribution in [2.24, 2.45) is 5.92 Å². The van der Waals surface area contributed by atoms with Gasteiger partial charge in [0.15, 0.2) is 0 Å². The number of hydrogen-bond acceptors (Lipinski definition) is 5. The van der Waals surface area contributed by atoms with Crippen molar-refractivity contribution in [2.75, 3.05) is 6.54 Å². The average Bonchev–Trinajstić information content (AvgIpc) is 2.62. The molecule has 25 heavy (non-hydrogen) atoms. The third kappa shape index (κ3) is 3.93. The molecule has 2 unspecified atom stereocenters. The maximum Gasteiger partial charge on any atom is 0.308 e. The fourth-order valence-electron chi connectivity index (χ4n) is 2.91. The summed E-state index contributed by atoms with van der Waals surface area (Å²) in [6.45, 7) is 2.17. The number of ether oxygens (including phenoxy) is 1. The van der Waals surface area contributed by atoms with E-state index in [1.54, 1.807) is 35.4 Å². The first-order chi connectivity index (χ1) is 12.0. The zero-order valence-corrected chi connectivity index (χ0v) is 13.8. The lowest BCUT2D eigenvalue weighted by molar-refractivity contribution is -0.143. The van der Waals surface area contributed by atoms with E-state index in [0.717, 1.165) is 0 Å². The van der Waals surface area contributed by atoms with Crippen molar-refractivity contribution in [3.05, 3.63) is 48.4 Å². The van der Waals surface area contributed by atoms with Crippen LogP contribution in [0.3, 0.4) is 0 Å². The standard InChI is InChI=1S/C18H19N3O4/c1-12-5-6-14(18(23)24)11-21(12)17(22)13-3-2-4-15(9-13)25-16-10-19-7-8-20-16/h2-4,7-10,12,14H,5-6,11H2,1H3,(H,23,24). The molecule has 0 saturated carbocycles. The average molecular weight is 341 g/mol. The van der Waals surface area contributed by atoms with E-state index in [0.29, 0.717) is 30.0 Å². The molecule has 3 rings (SSSR count). The van der Waals surface area contributed by atoms with Gasteiger partial charge >= 0.3 is 5.97 Å². The third-order valence-electron chi connectivity index (χ3n) is 4.34. The molecular weight excluding hydrogens is 322 g/mol. The number of carboxylic acids is 1. The van der Waals surface area contributed by atoms with Crippen LogP contribution in [0.25, 0.3) is 0 Å². The Morgan fingerprint density at radius 2 is 2.12 bits per heavy atom. The highest BCUT2D eigenvalue weighted by Gasteiger charge is 2.33. The molecule has 1 aliphatic heterocycles. The third-order valence-corrected chi connectivity index (χ3v) is 4.34. The Labute approximate surface area is 145 Å². The second-order valence-corrected chi connectivity index (χ2v) is 6.09. The van der Waals surface area contributed by atoms with Gasteiger partial charge in [-0.15, -0.1) is 0 Å². The van der Waals surface area contributed by atoms with Crippen LogP contribution in [0.1, 0.15) is 30.1 Å². The van der Waals surface area contributed by atoms with Gasteiger partial charge in [0, 0.05) is 30.5 Å². The molecule has 0 spiro atoms.